The van der Waals surface area contributed by atoms with E-state index >= 15 is 0 Å². The van der Waals surface area contributed by atoms with Crippen molar-refractivity contribution < 1.29 is 14.6 Å². The predicted octanol–water partition coefficient (Wildman–Crippen LogP) is 2.66. The molecule has 90 valence electrons. The van der Waals surface area contributed by atoms with Gasteiger partial charge < -0.3 is 9.84 Å². The normalized spacial score (nSPS) is 14.7. The molecule has 0 amide bonds. The van der Waals surface area contributed by atoms with Crippen LogP contribution in [0.5, 0.6) is 0 Å². The van der Waals surface area contributed by atoms with E-state index in [-0.39, 0.29) is 6.10 Å². The fourth-order valence-electron chi connectivity index (χ4n) is 1.43. The van der Waals surface area contributed by atoms with Gasteiger partial charge in [0.25, 0.3) is 0 Å². The molecule has 0 heterocycles. The van der Waals surface area contributed by atoms with E-state index in [4.69, 9.17) is 4.74 Å². The fraction of sp³-hybridized carbons (Fsp3) is 0.917. The summed E-state index contributed by atoms with van der Waals surface area (Å²) >= 11 is 0. The van der Waals surface area contributed by atoms with E-state index < -0.39 is 12.1 Å². The van der Waals surface area contributed by atoms with E-state index in [0.29, 0.717) is 6.42 Å². The summed E-state index contributed by atoms with van der Waals surface area (Å²) < 4.78 is 5.26. The minimum atomic E-state index is -0.953. The number of unbranched alkanes of at least 4 members (excludes halogenated alkanes) is 1. The van der Waals surface area contributed by atoms with Crippen LogP contribution >= 0.6 is 0 Å². The van der Waals surface area contributed by atoms with Crippen molar-refractivity contribution in [3.63, 3.8) is 0 Å². The summed E-state index contributed by atoms with van der Waals surface area (Å²) in [5.41, 5.74) is 0. The van der Waals surface area contributed by atoms with Crippen LogP contribution in [0.3, 0.4) is 0 Å². The molecule has 0 aliphatic rings. The highest BCUT2D eigenvalue weighted by Crippen LogP contribution is 2.12. The maximum atomic E-state index is 11.4. The lowest BCUT2D eigenvalue weighted by molar-refractivity contribution is -0.160. The van der Waals surface area contributed by atoms with Crippen molar-refractivity contribution >= 4 is 5.97 Å². The molecule has 0 saturated carbocycles. The van der Waals surface area contributed by atoms with E-state index in [1.807, 2.05) is 0 Å². The highest BCUT2D eigenvalue weighted by molar-refractivity contribution is 5.74. The molecule has 0 radical (unpaired) electrons. The van der Waals surface area contributed by atoms with Crippen LogP contribution in [-0.4, -0.2) is 23.3 Å². The zero-order chi connectivity index (χ0) is 11.7. The van der Waals surface area contributed by atoms with Gasteiger partial charge in [-0.25, -0.2) is 4.79 Å². The van der Waals surface area contributed by atoms with Crippen molar-refractivity contribution in [3.8, 4) is 0 Å². The van der Waals surface area contributed by atoms with Gasteiger partial charge in [0.05, 0.1) is 0 Å². The summed E-state index contributed by atoms with van der Waals surface area (Å²) in [6.45, 7) is 5.96. The lowest BCUT2D eigenvalue weighted by Crippen LogP contribution is -2.27. The van der Waals surface area contributed by atoms with Crippen molar-refractivity contribution in [3.05, 3.63) is 0 Å². The minimum absolute atomic E-state index is 0.0105. The molecule has 3 nitrogen and oxygen atoms in total. The number of rotatable bonds is 8. The van der Waals surface area contributed by atoms with Gasteiger partial charge in [-0.3, -0.25) is 0 Å². The fourth-order valence-corrected chi connectivity index (χ4v) is 1.43. The molecule has 0 saturated heterocycles. The van der Waals surface area contributed by atoms with Crippen molar-refractivity contribution in [1.82, 2.24) is 0 Å². The van der Waals surface area contributed by atoms with Crippen LogP contribution < -0.4 is 0 Å². The number of hydrogen-bond acceptors (Lipinski definition) is 3. The van der Waals surface area contributed by atoms with E-state index in [1.165, 1.54) is 0 Å². The third-order valence-corrected chi connectivity index (χ3v) is 2.43. The summed E-state index contributed by atoms with van der Waals surface area (Å²) in [4.78, 5) is 11.4. The molecule has 2 atom stereocenters. The first-order valence-corrected chi connectivity index (χ1v) is 6.04. The maximum absolute atomic E-state index is 11.4. The number of carbonyl (C=O) groups excluding carboxylic acids is 1. The van der Waals surface area contributed by atoms with E-state index in [2.05, 4.69) is 13.8 Å². The molecule has 0 spiro atoms. The molecular weight excluding hydrogens is 192 g/mol. The first kappa shape index (κ1) is 14.4. The second-order valence-corrected chi connectivity index (χ2v) is 3.91. The molecule has 15 heavy (non-hydrogen) atoms. The molecule has 2 unspecified atom stereocenters. The molecule has 0 aromatic heterocycles. The monoisotopic (exact) mass is 216 g/mol. The predicted molar refractivity (Wildman–Crippen MR) is 60.6 cm³/mol. The summed E-state index contributed by atoms with van der Waals surface area (Å²) in [5.74, 6) is -0.466. The van der Waals surface area contributed by atoms with Crippen molar-refractivity contribution in [1.29, 1.82) is 0 Å². The van der Waals surface area contributed by atoms with Crippen molar-refractivity contribution in [2.75, 3.05) is 0 Å². The SMILES string of the molecule is CCCCC(CCC)OC(=O)C(O)CC. The Kier molecular flexibility index (Phi) is 8.38. The summed E-state index contributed by atoms with van der Waals surface area (Å²) in [7, 11) is 0. The second-order valence-electron chi connectivity index (χ2n) is 3.91. The average Bonchev–Trinajstić information content (AvgIpc) is 2.24. The molecule has 0 fully saturated rings. The molecule has 0 aliphatic heterocycles. The summed E-state index contributed by atoms with van der Waals surface area (Å²) in [5, 5.41) is 9.29. The number of esters is 1. The van der Waals surface area contributed by atoms with Gasteiger partial charge in [0.1, 0.15) is 6.10 Å². The smallest absolute Gasteiger partial charge is 0.335 e. The lowest BCUT2D eigenvalue weighted by Gasteiger charge is -2.18. The zero-order valence-electron chi connectivity index (χ0n) is 10.2. The number of hydrogen-bond donors (Lipinski definition) is 1. The first-order chi connectivity index (χ1) is 7.15. The Balaban J connectivity index is 3.97. The Morgan fingerprint density at radius 1 is 1.20 bits per heavy atom. The largest absolute Gasteiger partial charge is 0.460 e. The maximum Gasteiger partial charge on any atom is 0.335 e. The Morgan fingerprint density at radius 3 is 2.33 bits per heavy atom. The summed E-state index contributed by atoms with van der Waals surface area (Å²) in [6, 6.07) is 0. The van der Waals surface area contributed by atoms with Gasteiger partial charge in [0, 0.05) is 0 Å². The van der Waals surface area contributed by atoms with E-state index in [0.717, 1.165) is 32.1 Å². The molecule has 0 bridgehead atoms. The molecule has 1 N–H and O–H groups in total. The van der Waals surface area contributed by atoms with Crippen LogP contribution in [0.2, 0.25) is 0 Å². The summed E-state index contributed by atoms with van der Waals surface area (Å²) in [6.07, 6.45) is 4.44. The Labute approximate surface area is 92.8 Å². The molecule has 0 rings (SSSR count). The third-order valence-electron chi connectivity index (χ3n) is 2.43. The Bertz CT molecular complexity index is 168. The van der Waals surface area contributed by atoms with Crippen LogP contribution in [0.1, 0.15) is 59.3 Å². The molecule has 3 heteroatoms. The highest BCUT2D eigenvalue weighted by atomic mass is 16.6. The Morgan fingerprint density at radius 2 is 1.87 bits per heavy atom. The van der Waals surface area contributed by atoms with Crippen LogP contribution in [0.25, 0.3) is 0 Å². The molecule has 0 aliphatic carbocycles. The van der Waals surface area contributed by atoms with Gasteiger partial charge in [-0.05, 0) is 19.3 Å². The number of aliphatic hydroxyl groups is 1. The van der Waals surface area contributed by atoms with Gasteiger partial charge >= 0.3 is 5.97 Å². The number of carbonyl (C=O) groups is 1. The van der Waals surface area contributed by atoms with Gasteiger partial charge in [-0.2, -0.15) is 0 Å². The minimum Gasteiger partial charge on any atom is -0.460 e. The van der Waals surface area contributed by atoms with Crippen molar-refractivity contribution in [2.24, 2.45) is 0 Å². The van der Waals surface area contributed by atoms with Gasteiger partial charge in [0.2, 0.25) is 0 Å². The second kappa shape index (κ2) is 8.72. The van der Waals surface area contributed by atoms with Gasteiger partial charge in [-0.1, -0.05) is 40.0 Å². The van der Waals surface area contributed by atoms with E-state index in [9.17, 15) is 9.90 Å². The molecule has 0 aromatic rings. The Hall–Kier alpha value is -0.570. The zero-order valence-corrected chi connectivity index (χ0v) is 10.2. The lowest BCUT2D eigenvalue weighted by atomic mass is 10.1. The standard InChI is InChI=1S/C12H24O3/c1-4-7-9-10(8-5-2)15-12(14)11(13)6-3/h10-11,13H,4-9H2,1-3H3. The molecule has 0 aromatic carbocycles. The average molecular weight is 216 g/mol. The number of aliphatic hydroxyl groups excluding tert-OH is 1. The topological polar surface area (TPSA) is 46.5 Å². The number of ether oxygens (including phenoxy) is 1. The van der Waals surface area contributed by atoms with Crippen LogP contribution in [0.15, 0.2) is 0 Å². The first-order valence-electron chi connectivity index (χ1n) is 6.04. The van der Waals surface area contributed by atoms with Crippen LogP contribution in [0, 0.1) is 0 Å². The third kappa shape index (κ3) is 6.50. The van der Waals surface area contributed by atoms with Crippen LogP contribution in [0.4, 0.5) is 0 Å². The van der Waals surface area contributed by atoms with Gasteiger partial charge in [0.15, 0.2) is 6.10 Å². The van der Waals surface area contributed by atoms with Crippen molar-refractivity contribution in [2.45, 2.75) is 71.5 Å². The van der Waals surface area contributed by atoms with Gasteiger partial charge in [-0.15, -0.1) is 0 Å². The molecular formula is C12H24O3. The highest BCUT2D eigenvalue weighted by Gasteiger charge is 2.18. The quantitative estimate of drug-likeness (QED) is 0.634. The van der Waals surface area contributed by atoms with Crippen LogP contribution in [-0.2, 0) is 9.53 Å². The van der Waals surface area contributed by atoms with E-state index in [1.54, 1.807) is 6.92 Å².